The Balaban J connectivity index is 1.81. The summed E-state index contributed by atoms with van der Waals surface area (Å²) in [6, 6.07) is 6.85. The van der Waals surface area contributed by atoms with Crippen LogP contribution in [0.5, 0.6) is 0 Å². The van der Waals surface area contributed by atoms with E-state index in [9.17, 15) is 22.8 Å². The van der Waals surface area contributed by atoms with E-state index in [1.54, 1.807) is 7.05 Å². The van der Waals surface area contributed by atoms with Crippen LogP contribution in [0.25, 0.3) is 0 Å². The van der Waals surface area contributed by atoms with Crippen molar-refractivity contribution in [2.45, 2.75) is 38.1 Å². The molecule has 8 heteroatoms. The Hall–Kier alpha value is -2.35. The monoisotopic (exact) mass is 367 g/mol. The second kappa shape index (κ2) is 6.75. The molecule has 0 spiro atoms. The molecule has 1 aliphatic rings. The molecule has 0 atom stereocenters. The third kappa shape index (κ3) is 3.90. The van der Waals surface area contributed by atoms with Crippen molar-refractivity contribution in [2.75, 3.05) is 0 Å². The van der Waals surface area contributed by atoms with Crippen LogP contribution in [0.3, 0.4) is 0 Å². The topological polar surface area (TPSA) is 47.2 Å². The van der Waals surface area contributed by atoms with Gasteiger partial charge in [-0.3, -0.25) is 18.8 Å². The predicted molar refractivity (Wildman–Crippen MR) is 90.6 cm³/mol. The minimum atomic E-state index is -4.35. The van der Waals surface area contributed by atoms with Crippen LogP contribution in [0.1, 0.15) is 29.7 Å². The van der Waals surface area contributed by atoms with E-state index in [1.165, 1.54) is 29.8 Å². The van der Waals surface area contributed by atoms with E-state index < -0.39 is 17.4 Å². The first-order valence-electron chi connectivity index (χ1n) is 8.33. The van der Waals surface area contributed by atoms with Crippen LogP contribution < -0.4 is 11.2 Å². The number of alkyl halides is 3. The lowest BCUT2D eigenvalue weighted by molar-refractivity contribution is -0.137. The molecule has 140 valence electrons. The molecule has 5 nitrogen and oxygen atoms in total. The number of halogens is 3. The Bertz CT molecular complexity index is 909. The van der Waals surface area contributed by atoms with Gasteiger partial charge < -0.3 is 0 Å². The number of benzene rings is 1. The number of rotatable bonds is 5. The smallest absolute Gasteiger partial charge is 0.299 e. The normalized spacial score (nSPS) is 14.8. The number of nitrogens with zero attached hydrogens (tertiary/aromatic N) is 3. The summed E-state index contributed by atoms with van der Waals surface area (Å²) >= 11 is 0. The molecule has 1 aromatic carbocycles. The average Bonchev–Trinajstić information content (AvgIpc) is 3.41. The van der Waals surface area contributed by atoms with Crippen molar-refractivity contribution in [3.8, 4) is 0 Å². The molecule has 1 aliphatic carbocycles. The van der Waals surface area contributed by atoms with Crippen LogP contribution in [-0.4, -0.2) is 20.1 Å². The van der Waals surface area contributed by atoms with Crippen LogP contribution >= 0.6 is 0 Å². The van der Waals surface area contributed by atoms with Gasteiger partial charge in [0.2, 0.25) is 0 Å². The minimum absolute atomic E-state index is 0.316. The molecular weight excluding hydrogens is 347 g/mol. The highest BCUT2D eigenvalue weighted by atomic mass is 19.4. The Morgan fingerprint density at radius 3 is 2.19 bits per heavy atom. The quantitative estimate of drug-likeness (QED) is 0.815. The summed E-state index contributed by atoms with van der Waals surface area (Å²) in [7, 11) is 3.04. The summed E-state index contributed by atoms with van der Waals surface area (Å²) in [5, 5.41) is 0. The average molecular weight is 367 g/mol. The summed E-state index contributed by atoms with van der Waals surface area (Å²) < 4.78 is 40.5. The second-order valence-corrected chi connectivity index (χ2v) is 6.71. The molecule has 1 heterocycles. The van der Waals surface area contributed by atoms with Crippen molar-refractivity contribution in [2.24, 2.45) is 14.1 Å². The number of hydrogen-bond acceptors (Lipinski definition) is 3. The minimum Gasteiger partial charge on any atom is -0.299 e. The molecule has 1 saturated carbocycles. The SMILES string of the molecule is Cn1c(CN(Cc2ccc(C(F)(F)F)cc2)C2CC2)cc(=O)n(C)c1=O. The lowest BCUT2D eigenvalue weighted by Crippen LogP contribution is -2.39. The van der Waals surface area contributed by atoms with Gasteiger partial charge in [0, 0.05) is 45.0 Å². The first kappa shape index (κ1) is 18.4. The Labute approximate surface area is 148 Å². The zero-order chi connectivity index (χ0) is 19.1. The molecule has 0 bridgehead atoms. The van der Waals surface area contributed by atoms with Gasteiger partial charge in [0.15, 0.2) is 0 Å². The van der Waals surface area contributed by atoms with Gasteiger partial charge in [-0.1, -0.05) is 12.1 Å². The van der Waals surface area contributed by atoms with Gasteiger partial charge in [-0.25, -0.2) is 4.79 Å². The largest absolute Gasteiger partial charge is 0.416 e. The van der Waals surface area contributed by atoms with Crippen LogP contribution in [0.15, 0.2) is 39.9 Å². The highest BCUT2D eigenvalue weighted by Crippen LogP contribution is 2.31. The molecule has 3 rings (SSSR count). The molecule has 1 aromatic heterocycles. The van der Waals surface area contributed by atoms with Crippen LogP contribution in [0.2, 0.25) is 0 Å². The van der Waals surface area contributed by atoms with E-state index in [1.807, 2.05) is 0 Å². The second-order valence-electron chi connectivity index (χ2n) is 6.71. The first-order valence-corrected chi connectivity index (χ1v) is 8.33. The summed E-state index contributed by atoms with van der Waals surface area (Å²) in [5.41, 5.74) is -0.0741. The number of aromatic nitrogens is 2. The standard InChI is InChI=1S/C18H20F3N3O2/c1-22-15(9-16(25)23(2)17(22)26)11-24(14-7-8-14)10-12-3-5-13(6-4-12)18(19,20)21/h3-6,9,14H,7-8,10-11H2,1-2H3. The van der Waals surface area contributed by atoms with Gasteiger partial charge in [-0.2, -0.15) is 13.2 Å². The Morgan fingerprint density at radius 1 is 1.04 bits per heavy atom. The molecule has 0 amide bonds. The van der Waals surface area contributed by atoms with E-state index in [0.29, 0.717) is 24.8 Å². The maximum Gasteiger partial charge on any atom is 0.416 e. The lowest BCUT2D eigenvalue weighted by Gasteiger charge is -2.23. The first-order chi connectivity index (χ1) is 12.2. The van der Waals surface area contributed by atoms with E-state index in [0.717, 1.165) is 35.1 Å². The van der Waals surface area contributed by atoms with Gasteiger partial charge in [0.25, 0.3) is 5.56 Å². The molecule has 0 N–H and O–H groups in total. The maximum atomic E-state index is 12.7. The third-order valence-corrected chi connectivity index (χ3v) is 4.72. The van der Waals surface area contributed by atoms with Crippen molar-refractivity contribution < 1.29 is 13.2 Å². The fourth-order valence-electron chi connectivity index (χ4n) is 2.93. The van der Waals surface area contributed by atoms with E-state index in [2.05, 4.69) is 4.90 Å². The summed E-state index contributed by atoms with van der Waals surface area (Å²) in [6.45, 7) is 0.861. The van der Waals surface area contributed by atoms with Gasteiger partial charge in [-0.15, -0.1) is 0 Å². The van der Waals surface area contributed by atoms with Crippen molar-refractivity contribution in [3.05, 3.63) is 68.0 Å². The summed E-state index contributed by atoms with van der Waals surface area (Å²) in [4.78, 5) is 26.1. The van der Waals surface area contributed by atoms with Crippen LogP contribution in [-0.2, 0) is 33.4 Å². The summed E-state index contributed by atoms with van der Waals surface area (Å²) in [6.07, 6.45) is -2.35. The maximum absolute atomic E-state index is 12.7. The van der Waals surface area contributed by atoms with E-state index in [4.69, 9.17) is 0 Å². The Kier molecular flexibility index (Phi) is 4.79. The zero-order valence-electron chi connectivity index (χ0n) is 14.6. The zero-order valence-corrected chi connectivity index (χ0v) is 14.6. The molecule has 1 fully saturated rings. The predicted octanol–water partition coefficient (Wildman–Crippen LogP) is 2.27. The highest BCUT2D eigenvalue weighted by molar-refractivity contribution is 5.24. The molecular formula is C18H20F3N3O2. The summed E-state index contributed by atoms with van der Waals surface area (Å²) in [5.74, 6) is 0. The van der Waals surface area contributed by atoms with Gasteiger partial charge in [-0.05, 0) is 30.5 Å². The Morgan fingerprint density at radius 2 is 1.65 bits per heavy atom. The fourth-order valence-corrected chi connectivity index (χ4v) is 2.93. The molecule has 0 unspecified atom stereocenters. The van der Waals surface area contributed by atoms with E-state index in [-0.39, 0.29) is 5.56 Å². The van der Waals surface area contributed by atoms with Gasteiger partial charge in [0.1, 0.15) is 0 Å². The molecule has 2 aromatic rings. The van der Waals surface area contributed by atoms with Crippen molar-refractivity contribution in [3.63, 3.8) is 0 Å². The van der Waals surface area contributed by atoms with Crippen molar-refractivity contribution >= 4 is 0 Å². The molecule has 0 aliphatic heterocycles. The van der Waals surface area contributed by atoms with E-state index >= 15 is 0 Å². The van der Waals surface area contributed by atoms with Crippen molar-refractivity contribution in [1.29, 1.82) is 0 Å². The van der Waals surface area contributed by atoms with Gasteiger partial charge in [0.05, 0.1) is 5.56 Å². The molecule has 0 saturated heterocycles. The van der Waals surface area contributed by atoms with Crippen LogP contribution in [0, 0.1) is 0 Å². The third-order valence-electron chi connectivity index (χ3n) is 4.72. The van der Waals surface area contributed by atoms with Crippen molar-refractivity contribution in [1.82, 2.24) is 14.0 Å². The molecule has 0 radical (unpaired) electrons. The number of hydrogen-bond donors (Lipinski definition) is 0. The fraction of sp³-hybridized carbons (Fsp3) is 0.444. The molecule has 26 heavy (non-hydrogen) atoms. The lowest BCUT2D eigenvalue weighted by atomic mass is 10.1. The van der Waals surface area contributed by atoms with Crippen LogP contribution in [0.4, 0.5) is 13.2 Å². The highest BCUT2D eigenvalue weighted by Gasteiger charge is 2.31. The van der Waals surface area contributed by atoms with Gasteiger partial charge >= 0.3 is 11.9 Å².